The van der Waals surface area contributed by atoms with Crippen molar-refractivity contribution < 1.29 is 92.1 Å². The number of carboxylic acid groups (broad SMARTS) is 6. The Hall–Kier alpha value is -2.08. The Balaban J connectivity index is -0.000000285. The van der Waals surface area contributed by atoms with Crippen molar-refractivity contribution in [2.45, 2.75) is 141 Å². The van der Waals surface area contributed by atoms with Crippen LogP contribution in [0, 0.1) is 32.5 Å². The van der Waals surface area contributed by atoms with Crippen LogP contribution >= 0.6 is 0 Å². The summed E-state index contributed by atoms with van der Waals surface area (Å²) >= 11 is 0. The zero-order chi connectivity index (χ0) is 36.8. The maximum atomic E-state index is 11.0. The molecule has 0 amide bonds. The van der Waals surface area contributed by atoms with E-state index in [1.54, 1.807) is 41.5 Å². The SMILES string of the molecule is CC(C)(CCCC(=O)O)C(C)(C)C(=O)O.CC(C)(CCCC(=O)O)C(C)(C)C(=O)O.CC(C)(CCCC(=O)O)C(C)(C)C(=O)O.[Y]. The molecular formula is C33H60O12Y. The van der Waals surface area contributed by atoms with Crippen LogP contribution in [0.2, 0.25) is 0 Å². The first-order chi connectivity index (χ1) is 19.8. The van der Waals surface area contributed by atoms with Crippen LogP contribution in [0.15, 0.2) is 0 Å². The van der Waals surface area contributed by atoms with Gasteiger partial charge in [0.15, 0.2) is 0 Å². The van der Waals surface area contributed by atoms with Gasteiger partial charge in [-0.25, -0.2) is 0 Å². The molecule has 267 valence electrons. The quantitative estimate of drug-likeness (QED) is 0.0826. The van der Waals surface area contributed by atoms with E-state index in [4.69, 9.17) is 30.6 Å². The second kappa shape index (κ2) is 20.3. The zero-order valence-corrected chi connectivity index (χ0v) is 32.9. The van der Waals surface area contributed by atoms with Gasteiger partial charge >= 0.3 is 35.8 Å². The molecule has 1 radical (unpaired) electrons. The van der Waals surface area contributed by atoms with Gasteiger partial charge in [0.1, 0.15) is 0 Å². The van der Waals surface area contributed by atoms with Crippen molar-refractivity contribution in [1.29, 1.82) is 0 Å². The molecule has 0 saturated carbocycles. The molecule has 0 aromatic rings. The van der Waals surface area contributed by atoms with Crippen LogP contribution in [-0.4, -0.2) is 66.5 Å². The molecule has 0 aromatic carbocycles. The predicted octanol–water partition coefficient (Wildman–Crippen LogP) is 7.13. The largest absolute Gasteiger partial charge is 0.481 e. The fourth-order valence-corrected chi connectivity index (χ4v) is 3.85. The molecule has 0 aromatic heterocycles. The van der Waals surface area contributed by atoms with Gasteiger partial charge in [-0.1, -0.05) is 41.5 Å². The monoisotopic (exact) mass is 737 g/mol. The summed E-state index contributed by atoms with van der Waals surface area (Å²) in [6.07, 6.45) is 3.62. The smallest absolute Gasteiger partial charge is 0.309 e. The summed E-state index contributed by atoms with van der Waals surface area (Å²) in [7, 11) is 0. The number of carboxylic acids is 6. The van der Waals surface area contributed by atoms with Gasteiger partial charge < -0.3 is 30.6 Å². The van der Waals surface area contributed by atoms with Crippen LogP contribution in [0.4, 0.5) is 0 Å². The van der Waals surface area contributed by atoms with Gasteiger partial charge in [0.05, 0.1) is 16.2 Å². The zero-order valence-electron chi connectivity index (χ0n) is 30.1. The number of rotatable bonds is 18. The molecule has 0 unspecified atom stereocenters. The van der Waals surface area contributed by atoms with Crippen LogP contribution in [-0.2, 0) is 61.5 Å². The molecule has 0 aliphatic heterocycles. The van der Waals surface area contributed by atoms with E-state index >= 15 is 0 Å². The summed E-state index contributed by atoms with van der Waals surface area (Å²) in [5.41, 5.74) is -3.75. The second-order valence-electron chi connectivity index (χ2n) is 15.2. The van der Waals surface area contributed by atoms with E-state index in [0.29, 0.717) is 38.5 Å². The first-order valence-corrected chi connectivity index (χ1v) is 15.2. The van der Waals surface area contributed by atoms with Gasteiger partial charge in [0.25, 0.3) is 0 Å². The van der Waals surface area contributed by atoms with Crippen LogP contribution < -0.4 is 0 Å². The molecule has 12 nitrogen and oxygen atoms in total. The minimum absolute atomic E-state index is 0. The Labute approximate surface area is 300 Å². The van der Waals surface area contributed by atoms with E-state index in [1.165, 1.54) is 0 Å². The maximum Gasteiger partial charge on any atom is 0.309 e. The third kappa shape index (κ3) is 17.2. The van der Waals surface area contributed by atoms with Crippen molar-refractivity contribution in [3.8, 4) is 0 Å². The summed E-state index contributed by atoms with van der Waals surface area (Å²) < 4.78 is 0. The van der Waals surface area contributed by atoms with Gasteiger partial charge in [-0.2, -0.15) is 0 Å². The minimum Gasteiger partial charge on any atom is -0.481 e. The van der Waals surface area contributed by atoms with Crippen LogP contribution in [0.1, 0.15) is 141 Å². The Morgan fingerprint density at radius 3 is 0.630 bits per heavy atom. The fraction of sp³-hybridized carbons (Fsp3) is 0.818. The van der Waals surface area contributed by atoms with Crippen molar-refractivity contribution in [3.05, 3.63) is 0 Å². The third-order valence-electron chi connectivity index (χ3n) is 10.3. The van der Waals surface area contributed by atoms with E-state index in [1.807, 2.05) is 41.5 Å². The summed E-state index contributed by atoms with van der Waals surface area (Å²) in [5.74, 6) is -5.04. The van der Waals surface area contributed by atoms with Gasteiger partial charge in [-0.05, 0) is 96.3 Å². The standard InChI is InChI=1S/3C11H20O4.Y/c3*1-10(2,7-5-6-8(12)13)11(3,4)9(14)15;/h3*5-7H2,1-4H3,(H,12,13)(H,14,15);. The van der Waals surface area contributed by atoms with E-state index in [-0.39, 0.29) is 52.0 Å². The van der Waals surface area contributed by atoms with Gasteiger partial charge in [-0.15, -0.1) is 0 Å². The van der Waals surface area contributed by atoms with E-state index in [0.717, 1.165) is 0 Å². The molecule has 0 spiro atoms. The van der Waals surface area contributed by atoms with E-state index in [9.17, 15) is 28.8 Å². The average Bonchev–Trinajstić information content (AvgIpc) is 2.83. The normalized spacial score (nSPS) is 12.3. The number of hydrogen-bond acceptors (Lipinski definition) is 6. The summed E-state index contributed by atoms with van der Waals surface area (Å²) in [6, 6.07) is 0. The van der Waals surface area contributed by atoms with Crippen molar-refractivity contribution in [2.75, 3.05) is 0 Å². The Morgan fingerprint density at radius 1 is 0.370 bits per heavy atom. The van der Waals surface area contributed by atoms with Crippen molar-refractivity contribution in [1.82, 2.24) is 0 Å². The van der Waals surface area contributed by atoms with Gasteiger partial charge in [-0.3, -0.25) is 28.8 Å². The summed E-state index contributed by atoms with van der Waals surface area (Å²) in [5, 5.41) is 52.7. The van der Waals surface area contributed by atoms with Crippen LogP contribution in [0.25, 0.3) is 0 Å². The molecule has 0 saturated heterocycles. The third-order valence-corrected chi connectivity index (χ3v) is 10.3. The van der Waals surface area contributed by atoms with Gasteiger partial charge in [0, 0.05) is 52.0 Å². The fourth-order valence-electron chi connectivity index (χ4n) is 3.85. The molecule has 46 heavy (non-hydrogen) atoms. The topological polar surface area (TPSA) is 224 Å². The molecule has 0 bridgehead atoms. The molecule has 0 aliphatic carbocycles. The first-order valence-electron chi connectivity index (χ1n) is 15.2. The minimum atomic E-state index is -0.845. The van der Waals surface area contributed by atoms with E-state index in [2.05, 4.69) is 0 Å². The van der Waals surface area contributed by atoms with Crippen LogP contribution in [0.3, 0.4) is 0 Å². The molecule has 6 N–H and O–H groups in total. The summed E-state index contributed by atoms with van der Waals surface area (Å²) in [6.45, 7) is 21.2. The molecule has 0 heterocycles. The first kappa shape index (κ1) is 50.8. The number of carbonyl (C=O) groups is 6. The number of aliphatic carboxylic acids is 6. The van der Waals surface area contributed by atoms with Gasteiger partial charge in [0.2, 0.25) is 0 Å². The Bertz CT molecular complexity index is 895. The maximum absolute atomic E-state index is 11.0. The van der Waals surface area contributed by atoms with Crippen molar-refractivity contribution in [2.24, 2.45) is 32.5 Å². The molecular weight excluding hydrogens is 677 g/mol. The number of hydrogen-bond donors (Lipinski definition) is 6. The van der Waals surface area contributed by atoms with Crippen molar-refractivity contribution >= 4 is 35.8 Å². The Kier molecular flexibility index (Phi) is 22.4. The predicted molar refractivity (Wildman–Crippen MR) is 170 cm³/mol. The molecule has 13 heteroatoms. The second-order valence-corrected chi connectivity index (χ2v) is 15.2. The molecule has 0 atom stereocenters. The molecule has 0 rings (SSSR count). The van der Waals surface area contributed by atoms with Crippen molar-refractivity contribution in [3.63, 3.8) is 0 Å². The Morgan fingerprint density at radius 2 is 0.522 bits per heavy atom. The van der Waals surface area contributed by atoms with Crippen LogP contribution in [0.5, 0.6) is 0 Å². The average molecular weight is 738 g/mol. The summed E-state index contributed by atoms with van der Waals surface area (Å²) in [4.78, 5) is 64.2. The molecule has 0 aliphatic rings. The molecule has 0 fully saturated rings. The van der Waals surface area contributed by atoms with E-state index < -0.39 is 68.3 Å².